The molecule has 1 heterocycles. The van der Waals surface area contributed by atoms with E-state index in [2.05, 4.69) is 10.6 Å². The second-order valence-electron chi connectivity index (χ2n) is 7.69. The lowest BCUT2D eigenvalue weighted by atomic mass is 9.86. The molecule has 0 bridgehead atoms. The Morgan fingerprint density at radius 1 is 1.00 bits per heavy atom. The molecule has 1 aromatic heterocycles. The summed E-state index contributed by atoms with van der Waals surface area (Å²) in [6.07, 6.45) is 2.82. The lowest BCUT2D eigenvalue weighted by Gasteiger charge is -2.15. The number of aryl methyl sites for hydroxylation is 1. The first kappa shape index (κ1) is 19.0. The molecule has 0 spiro atoms. The van der Waals surface area contributed by atoms with Crippen molar-refractivity contribution in [1.29, 1.82) is 0 Å². The van der Waals surface area contributed by atoms with Crippen molar-refractivity contribution in [2.75, 3.05) is 13.7 Å². The molecule has 27 heavy (non-hydrogen) atoms. The van der Waals surface area contributed by atoms with Gasteiger partial charge < -0.3 is 14.0 Å². The van der Waals surface area contributed by atoms with E-state index >= 15 is 0 Å². The van der Waals surface area contributed by atoms with Gasteiger partial charge in [-0.2, -0.15) is 0 Å². The molecule has 2 aromatic carbocycles. The first-order chi connectivity index (χ1) is 12.9. The minimum absolute atomic E-state index is 0.169. The summed E-state index contributed by atoms with van der Waals surface area (Å²) in [6, 6.07) is 15.7. The van der Waals surface area contributed by atoms with Crippen LogP contribution in [0.3, 0.4) is 0 Å². The van der Waals surface area contributed by atoms with Gasteiger partial charge in [0, 0.05) is 34.6 Å². The van der Waals surface area contributed by atoms with E-state index in [9.17, 15) is 4.79 Å². The number of hydrogen-bond acceptors (Lipinski definition) is 3. The third-order valence-electron chi connectivity index (χ3n) is 4.58. The fourth-order valence-electron chi connectivity index (χ4n) is 3.17. The van der Waals surface area contributed by atoms with Crippen LogP contribution < -0.4 is 9.47 Å². The number of ether oxygens (including phenoxy) is 2. The quantitative estimate of drug-likeness (QED) is 0.419. The standard InChI is InChI=1S/C23H27NO3/c1-23(2,3)22(25)18-16-24(19-11-6-5-10-17(18)19)14-9-15-27-21-13-8-7-12-20(21)26-4/h5-8,10-13,16H,9,14-15H2,1-4H3. The van der Waals surface area contributed by atoms with Crippen LogP contribution in [0, 0.1) is 5.41 Å². The molecule has 0 unspecified atom stereocenters. The maximum absolute atomic E-state index is 12.8. The van der Waals surface area contributed by atoms with Crippen molar-refractivity contribution in [1.82, 2.24) is 4.57 Å². The second kappa shape index (κ2) is 7.87. The SMILES string of the molecule is COc1ccccc1OCCCn1cc(C(=O)C(C)(C)C)c2ccccc21. The number of carbonyl (C=O) groups excluding carboxylic acids is 1. The number of fused-ring (bicyclic) bond motifs is 1. The number of hydrogen-bond donors (Lipinski definition) is 0. The van der Waals surface area contributed by atoms with Crippen LogP contribution in [0.15, 0.2) is 54.7 Å². The molecule has 3 rings (SSSR count). The minimum Gasteiger partial charge on any atom is -0.493 e. The highest BCUT2D eigenvalue weighted by molar-refractivity contribution is 6.10. The molecule has 0 aliphatic carbocycles. The number of methoxy groups -OCH3 is 1. The van der Waals surface area contributed by atoms with Gasteiger partial charge in [-0.1, -0.05) is 51.1 Å². The lowest BCUT2D eigenvalue weighted by Crippen LogP contribution is -2.19. The molecule has 0 saturated carbocycles. The van der Waals surface area contributed by atoms with Crippen LogP contribution in [-0.4, -0.2) is 24.1 Å². The summed E-state index contributed by atoms with van der Waals surface area (Å²) in [5.41, 5.74) is 1.48. The zero-order chi connectivity index (χ0) is 19.4. The van der Waals surface area contributed by atoms with Gasteiger partial charge in [0.2, 0.25) is 0 Å². The normalized spacial score (nSPS) is 11.6. The van der Waals surface area contributed by atoms with Gasteiger partial charge in [0.25, 0.3) is 0 Å². The number of Topliss-reactive ketones (excluding diaryl/α,β-unsaturated/α-hetero) is 1. The first-order valence-electron chi connectivity index (χ1n) is 9.30. The number of aromatic nitrogens is 1. The van der Waals surface area contributed by atoms with Gasteiger partial charge in [-0.3, -0.25) is 4.79 Å². The second-order valence-corrected chi connectivity index (χ2v) is 7.69. The number of rotatable bonds is 7. The molecule has 142 valence electrons. The molecular formula is C23H27NO3. The Bertz CT molecular complexity index is 934. The molecule has 0 aliphatic heterocycles. The third kappa shape index (κ3) is 4.16. The van der Waals surface area contributed by atoms with Crippen molar-refractivity contribution in [2.45, 2.75) is 33.7 Å². The summed E-state index contributed by atoms with van der Waals surface area (Å²) in [5.74, 6) is 1.66. The summed E-state index contributed by atoms with van der Waals surface area (Å²) in [6.45, 7) is 7.25. The van der Waals surface area contributed by atoms with Crippen molar-refractivity contribution in [3.8, 4) is 11.5 Å². The number of carbonyl (C=O) groups is 1. The van der Waals surface area contributed by atoms with E-state index in [0.29, 0.717) is 6.61 Å². The van der Waals surface area contributed by atoms with Crippen LogP contribution in [-0.2, 0) is 6.54 Å². The average molecular weight is 365 g/mol. The van der Waals surface area contributed by atoms with Crippen molar-refractivity contribution in [3.63, 3.8) is 0 Å². The predicted octanol–water partition coefficient (Wildman–Crippen LogP) is 5.35. The van der Waals surface area contributed by atoms with Gasteiger partial charge in [0.15, 0.2) is 17.3 Å². The van der Waals surface area contributed by atoms with Gasteiger partial charge in [0.1, 0.15) is 0 Å². The Labute approximate surface area is 160 Å². The van der Waals surface area contributed by atoms with E-state index in [-0.39, 0.29) is 5.78 Å². The maximum Gasteiger partial charge on any atom is 0.170 e. The minimum atomic E-state index is -0.401. The highest BCUT2D eigenvalue weighted by Crippen LogP contribution is 2.29. The number of nitrogens with zero attached hydrogens (tertiary/aromatic N) is 1. The third-order valence-corrected chi connectivity index (χ3v) is 4.58. The Balaban J connectivity index is 1.73. The Hall–Kier alpha value is -2.75. The van der Waals surface area contributed by atoms with Crippen LogP contribution in [0.1, 0.15) is 37.6 Å². The molecule has 0 aliphatic rings. The fraction of sp³-hybridized carbons (Fsp3) is 0.348. The zero-order valence-corrected chi connectivity index (χ0v) is 16.5. The lowest BCUT2D eigenvalue weighted by molar-refractivity contribution is 0.0860. The van der Waals surface area contributed by atoms with Crippen LogP contribution in [0.5, 0.6) is 11.5 Å². The molecule has 4 nitrogen and oxygen atoms in total. The Morgan fingerprint density at radius 3 is 2.37 bits per heavy atom. The van der Waals surface area contributed by atoms with E-state index in [1.807, 2.05) is 69.4 Å². The van der Waals surface area contributed by atoms with Gasteiger partial charge in [-0.15, -0.1) is 0 Å². The van der Waals surface area contributed by atoms with Crippen molar-refractivity contribution < 1.29 is 14.3 Å². The number of ketones is 1. The van der Waals surface area contributed by atoms with Gasteiger partial charge in [-0.05, 0) is 24.6 Å². The monoisotopic (exact) mass is 365 g/mol. The molecule has 0 atom stereocenters. The summed E-state index contributed by atoms with van der Waals surface area (Å²) in [4.78, 5) is 12.8. The molecule has 3 aromatic rings. The first-order valence-corrected chi connectivity index (χ1v) is 9.30. The van der Waals surface area contributed by atoms with Crippen LogP contribution in [0.2, 0.25) is 0 Å². The van der Waals surface area contributed by atoms with E-state index < -0.39 is 5.41 Å². The molecule has 0 radical (unpaired) electrons. The largest absolute Gasteiger partial charge is 0.493 e. The Morgan fingerprint density at radius 2 is 1.67 bits per heavy atom. The smallest absolute Gasteiger partial charge is 0.170 e. The molecule has 0 saturated heterocycles. The maximum atomic E-state index is 12.8. The number of benzene rings is 2. The highest BCUT2D eigenvalue weighted by Gasteiger charge is 2.26. The molecule has 4 heteroatoms. The van der Waals surface area contributed by atoms with E-state index in [4.69, 9.17) is 9.47 Å². The zero-order valence-electron chi connectivity index (χ0n) is 16.5. The van der Waals surface area contributed by atoms with Gasteiger partial charge in [0.05, 0.1) is 13.7 Å². The molecule has 0 N–H and O–H groups in total. The molecule has 0 amide bonds. The predicted molar refractivity (Wildman–Crippen MR) is 109 cm³/mol. The van der Waals surface area contributed by atoms with Gasteiger partial charge in [-0.25, -0.2) is 0 Å². The Kier molecular flexibility index (Phi) is 5.54. The van der Waals surface area contributed by atoms with Crippen molar-refractivity contribution in [2.24, 2.45) is 5.41 Å². The van der Waals surface area contributed by atoms with E-state index in [1.165, 1.54) is 0 Å². The van der Waals surface area contributed by atoms with Crippen molar-refractivity contribution >= 4 is 16.7 Å². The van der Waals surface area contributed by atoms with Crippen LogP contribution >= 0.6 is 0 Å². The van der Waals surface area contributed by atoms with E-state index in [1.54, 1.807) is 7.11 Å². The topological polar surface area (TPSA) is 40.5 Å². The van der Waals surface area contributed by atoms with Gasteiger partial charge >= 0.3 is 0 Å². The summed E-state index contributed by atoms with van der Waals surface area (Å²) in [7, 11) is 1.64. The fourth-order valence-corrected chi connectivity index (χ4v) is 3.17. The van der Waals surface area contributed by atoms with E-state index in [0.717, 1.165) is 40.9 Å². The highest BCUT2D eigenvalue weighted by atomic mass is 16.5. The average Bonchev–Trinajstić information content (AvgIpc) is 3.03. The molecular weight excluding hydrogens is 338 g/mol. The summed E-state index contributed by atoms with van der Waals surface area (Å²) < 4.78 is 13.3. The molecule has 0 fully saturated rings. The van der Waals surface area contributed by atoms with Crippen molar-refractivity contribution in [3.05, 3.63) is 60.3 Å². The summed E-state index contributed by atoms with van der Waals surface area (Å²) in [5, 5.41) is 1.02. The summed E-state index contributed by atoms with van der Waals surface area (Å²) >= 11 is 0. The van der Waals surface area contributed by atoms with Crippen LogP contribution in [0.4, 0.5) is 0 Å². The number of para-hydroxylation sites is 3. The van der Waals surface area contributed by atoms with Crippen LogP contribution in [0.25, 0.3) is 10.9 Å².